The summed E-state index contributed by atoms with van der Waals surface area (Å²) in [4.78, 5) is 5.79. The summed E-state index contributed by atoms with van der Waals surface area (Å²) in [5.41, 5.74) is 6.57. The van der Waals surface area contributed by atoms with E-state index in [1.54, 1.807) is 7.05 Å². The molecule has 19 heavy (non-hydrogen) atoms. The topological polar surface area (TPSA) is 42.2 Å². The number of aryl methyl sites for hydroxylation is 1. The van der Waals surface area contributed by atoms with Gasteiger partial charge >= 0.3 is 0 Å². The van der Waals surface area contributed by atoms with Crippen LogP contribution in [0.5, 0.6) is 0 Å². The Morgan fingerprint density at radius 1 is 1.32 bits per heavy atom. The number of rotatable bonds is 4. The van der Waals surface area contributed by atoms with E-state index in [-0.39, 0.29) is 12.2 Å². The van der Waals surface area contributed by atoms with Crippen LogP contribution in [0.15, 0.2) is 17.5 Å². The van der Waals surface area contributed by atoms with Gasteiger partial charge in [-0.1, -0.05) is 0 Å². The summed E-state index contributed by atoms with van der Waals surface area (Å²) in [6.07, 6.45) is 0. The maximum absolute atomic E-state index is 13.9. The molecule has 6 heteroatoms. The van der Waals surface area contributed by atoms with Crippen LogP contribution in [0.1, 0.15) is 16.3 Å². The minimum atomic E-state index is -0.602. The number of benzene rings is 1. The molecule has 1 aromatic carbocycles. The zero-order valence-electron chi connectivity index (χ0n) is 10.8. The minimum absolute atomic E-state index is 0.0529. The fraction of sp³-hybridized carbons (Fsp3) is 0.308. The predicted octanol–water partition coefficient (Wildman–Crippen LogP) is 2.82. The van der Waals surface area contributed by atoms with Crippen LogP contribution in [0.4, 0.5) is 14.5 Å². The molecule has 0 amide bonds. The Hall–Kier alpha value is -1.53. The van der Waals surface area contributed by atoms with Crippen molar-refractivity contribution in [3.63, 3.8) is 0 Å². The smallest absolute Gasteiger partial charge is 0.149 e. The molecule has 0 saturated carbocycles. The van der Waals surface area contributed by atoms with Crippen molar-refractivity contribution in [3.8, 4) is 0 Å². The molecule has 0 unspecified atom stereocenters. The van der Waals surface area contributed by atoms with Crippen LogP contribution in [-0.2, 0) is 13.1 Å². The summed E-state index contributed by atoms with van der Waals surface area (Å²) < 4.78 is 27.8. The zero-order valence-corrected chi connectivity index (χ0v) is 11.6. The van der Waals surface area contributed by atoms with E-state index in [0.717, 1.165) is 10.7 Å². The van der Waals surface area contributed by atoms with E-state index in [1.165, 1.54) is 28.4 Å². The van der Waals surface area contributed by atoms with Gasteiger partial charge in [-0.15, -0.1) is 11.3 Å². The molecule has 0 aliphatic rings. The van der Waals surface area contributed by atoms with E-state index in [2.05, 4.69) is 4.98 Å². The highest BCUT2D eigenvalue weighted by Crippen LogP contribution is 2.25. The van der Waals surface area contributed by atoms with Crippen molar-refractivity contribution in [1.29, 1.82) is 0 Å². The maximum atomic E-state index is 13.9. The first-order valence-corrected chi connectivity index (χ1v) is 6.69. The summed E-state index contributed by atoms with van der Waals surface area (Å²) in [5, 5.41) is 2.82. The van der Waals surface area contributed by atoms with E-state index in [1.807, 2.05) is 12.3 Å². The normalized spacial score (nSPS) is 10.8. The summed E-state index contributed by atoms with van der Waals surface area (Å²) in [7, 11) is 1.64. The summed E-state index contributed by atoms with van der Waals surface area (Å²) >= 11 is 1.51. The van der Waals surface area contributed by atoms with E-state index < -0.39 is 11.6 Å². The number of nitrogens with two attached hydrogens (primary N) is 1. The average Bonchev–Trinajstić information content (AvgIpc) is 2.73. The van der Waals surface area contributed by atoms with Crippen molar-refractivity contribution in [2.45, 2.75) is 20.0 Å². The van der Waals surface area contributed by atoms with Gasteiger partial charge in [-0.25, -0.2) is 13.8 Å². The summed E-state index contributed by atoms with van der Waals surface area (Å²) in [6.45, 7) is 2.37. The van der Waals surface area contributed by atoms with Gasteiger partial charge in [0, 0.05) is 19.0 Å². The molecule has 1 heterocycles. The lowest BCUT2D eigenvalue weighted by molar-refractivity contribution is 0.573. The molecule has 0 radical (unpaired) electrons. The number of thiazole rings is 1. The molecule has 0 bridgehead atoms. The number of halogens is 2. The average molecular weight is 283 g/mol. The molecule has 2 rings (SSSR count). The molecule has 0 spiro atoms. The minimum Gasteiger partial charge on any atom is -0.364 e. The molecule has 0 aliphatic carbocycles. The number of hydrogen-bond acceptors (Lipinski definition) is 4. The van der Waals surface area contributed by atoms with Crippen LogP contribution in [0.3, 0.4) is 0 Å². The molecule has 0 fully saturated rings. The Labute approximate surface area is 114 Å². The van der Waals surface area contributed by atoms with Gasteiger partial charge < -0.3 is 10.6 Å². The Kier molecular flexibility index (Phi) is 4.11. The molecule has 1 aromatic heterocycles. The number of nitrogens with zero attached hydrogens (tertiary/aromatic N) is 2. The Morgan fingerprint density at radius 2 is 1.95 bits per heavy atom. The van der Waals surface area contributed by atoms with Gasteiger partial charge in [-0.05, 0) is 24.6 Å². The first-order valence-electron chi connectivity index (χ1n) is 5.81. The quantitative estimate of drug-likeness (QED) is 0.938. The molecule has 0 saturated heterocycles. The Balaban J connectivity index is 2.26. The SMILES string of the molecule is Cc1nc(CN(C)c2c(F)cc(CN)cc2F)cs1. The standard InChI is InChI=1S/C13H15F2N3S/c1-8-17-10(7-19-8)6-18(2)13-11(14)3-9(5-16)4-12(13)15/h3-4,7H,5-6,16H2,1-2H3. The first kappa shape index (κ1) is 13.9. The van der Waals surface area contributed by atoms with Crippen molar-refractivity contribution < 1.29 is 8.78 Å². The predicted molar refractivity (Wildman–Crippen MR) is 73.2 cm³/mol. The van der Waals surface area contributed by atoms with Gasteiger partial charge in [0.05, 0.1) is 17.2 Å². The third-order valence-corrected chi connectivity index (χ3v) is 3.58. The molecule has 0 aliphatic heterocycles. The largest absolute Gasteiger partial charge is 0.364 e. The second-order valence-electron chi connectivity index (χ2n) is 4.33. The van der Waals surface area contributed by atoms with E-state index in [4.69, 9.17) is 5.73 Å². The molecular weight excluding hydrogens is 268 g/mol. The second-order valence-corrected chi connectivity index (χ2v) is 5.39. The van der Waals surface area contributed by atoms with E-state index >= 15 is 0 Å². The van der Waals surface area contributed by atoms with Crippen LogP contribution < -0.4 is 10.6 Å². The van der Waals surface area contributed by atoms with Gasteiger partial charge in [0.15, 0.2) is 0 Å². The van der Waals surface area contributed by atoms with Crippen LogP contribution in [-0.4, -0.2) is 12.0 Å². The highest BCUT2D eigenvalue weighted by atomic mass is 32.1. The fourth-order valence-corrected chi connectivity index (χ4v) is 2.51. The third-order valence-electron chi connectivity index (χ3n) is 2.76. The molecule has 2 aromatic rings. The monoisotopic (exact) mass is 283 g/mol. The fourth-order valence-electron chi connectivity index (χ4n) is 1.90. The van der Waals surface area contributed by atoms with Crippen molar-refractivity contribution in [1.82, 2.24) is 4.98 Å². The molecule has 3 nitrogen and oxygen atoms in total. The molecular formula is C13H15F2N3S. The number of anilines is 1. The molecule has 0 atom stereocenters. The van der Waals surface area contributed by atoms with Crippen LogP contribution >= 0.6 is 11.3 Å². The Bertz CT molecular complexity index is 560. The molecule has 2 N–H and O–H groups in total. The lowest BCUT2D eigenvalue weighted by atomic mass is 10.1. The van der Waals surface area contributed by atoms with Gasteiger partial charge in [0.2, 0.25) is 0 Å². The highest BCUT2D eigenvalue weighted by Gasteiger charge is 2.16. The third kappa shape index (κ3) is 3.08. The van der Waals surface area contributed by atoms with Crippen LogP contribution in [0.2, 0.25) is 0 Å². The zero-order chi connectivity index (χ0) is 14.0. The number of hydrogen-bond donors (Lipinski definition) is 1. The lowest BCUT2D eigenvalue weighted by Crippen LogP contribution is -2.20. The van der Waals surface area contributed by atoms with Crippen molar-refractivity contribution in [2.75, 3.05) is 11.9 Å². The van der Waals surface area contributed by atoms with Crippen molar-refractivity contribution in [3.05, 3.63) is 45.4 Å². The van der Waals surface area contributed by atoms with E-state index in [9.17, 15) is 8.78 Å². The first-order chi connectivity index (χ1) is 9.01. The van der Waals surface area contributed by atoms with Crippen molar-refractivity contribution in [2.24, 2.45) is 5.73 Å². The van der Waals surface area contributed by atoms with Crippen LogP contribution in [0, 0.1) is 18.6 Å². The summed E-state index contributed by atoms with van der Waals surface area (Å²) in [5.74, 6) is -1.20. The maximum Gasteiger partial charge on any atom is 0.149 e. The van der Waals surface area contributed by atoms with Gasteiger partial charge in [0.25, 0.3) is 0 Å². The van der Waals surface area contributed by atoms with Gasteiger partial charge in [-0.3, -0.25) is 0 Å². The summed E-state index contributed by atoms with van der Waals surface area (Å²) in [6, 6.07) is 2.53. The number of aromatic nitrogens is 1. The molecule has 102 valence electrons. The van der Waals surface area contributed by atoms with Gasteiger partial charge in [-0.2, -0.15) is 0 Å². The van der Waals surface area contributed by atoms with E-state index in [0.29, 0.717) is 12.1 Å². The second kappa shape index (κ2) is 5.63. The highest BCUT2D eigenvalue weighted by molar-refractivity contribution is 7.09. The Morgan fingerprint density at radius 3 is 2.42 bits per heavy atom. The lowest BCUT2D eigenvalue weighted by Gasteiger charge is -2.20. The van der Waals surface area contributed by atoms with Crippen LogP contribution in [0.25, 0.3) is 0 Å². The van der Waals surface area contributed by atoms with Gasteiger partial charge in [0.1, 0.15) is 17.3 Å². The van der Waals surface area contributed by atoms with Crippen molar-refractivity contribution >= 4 is 17.0 Å².